The zero-order chi connectivity index (χ0) is 17.8. The van der Waals surface area contributed by atoms with Crippen molar-refractivity contribution in [2.45, 2.75) is 13.5 Å². The lowest BCUT2D eigenvalue weighted by molar-refractivity contribution is -0.385. The lowest BCUT2D eigenvalue weighted by Gasteiger charge is -2.04. The number of carbonyl (C=O) groups is 1. The number of nitrogens with zero attached hydrogens (tertiary/aromatic N) is 2. The molecule has 1 N–H and O–H groups in total. The average molecular weight is 337 g/mol. The third-order valence-corrected chi connectivity index (χ3v) is 3.72. The van der Waals surface area contributed by atoms with Gasteiger partial charge in [0.1, 0.15) is 5.69 Å². The van der Waals surface area contributed by atoms with Gasteiger partial charge in [0, 0.05) is 28.8 Å². The Bertz CT molecular complexity index is 919. The second-order valence-corrected chi connectivity index (χ2v) is 5.49. The lowest BCUT2D eigenvalue weighted by Crippen LogP contribution is -2.23. The first-order valence-electron chi connectivity index (χ1n) is 7.59. The number of aromatic nitrogens is 1. The van der Waals surface area contributed by atoms with E-state index in [1.54, 1.807) is 25.1 Å². The third kappa shape index (κ3) is 3.72. The second-order valence-electron chi connectivity index (χ2n) is 5.49. The van der Waals surface area contributed by atoms with Crippen molar-refractivity contribution in [2.24, 2.45) is 0 Å². The van der Waals surface area contributed by atoms with Crippen LogP contribution in [0.1, 0.15) is 21.6 Å². The molecule has 126 valence electrons. The summed E-state index contributed by atoms with van der Waals surface area (Å²) in [4.78, 5) is 22.6. The number of hydrogen-bond acceptors (Lipinski definition) is 5. The van der Waals surface area contributed by atoms with Crippen LogP contribution in [0.5, 0.6) is 0 Å². The van der Waals surface area contributed by atoms with E-state index in [0.29, 0.717) is 17.0 Å². The van der Waals surface area contributed by atoms with Gasteiger partial charge in [-0.2, -0.15) is 0 Å². The Morgan fingerprint density at radius 2 is 1.96 bits per heavy atom. The maximum Gasteiger partial charge on any atom is 0.273 e. The minimum atomic E-state index is -0.504. The fraction of sp³-hybridized carbons (Fsp3) is 0.111. The number of nitro groups is 1. The van der Waals surface area contributed by atoms with Crippen LogP contribution in [0, 0.1) is 17.0 Å². The fourth-order valence-corrected chi connectivity index (χ4v) is 2.35. The van der Waals surface area contributed by atoms with E-state index in [1.807, 2.05) is 30.3 Å². The Hall–Kier alpha value is -3.48. The van der Waals surface area contributed by atoms with Crippen molar-refractivity contribution in [1.29, 1.82) is 0 Å². The van der Waals surface area contributed by atoms with Gasteiger partial charge >= 0.3 is 0 Å². The normalized spacial score (nSPS) is 10.4. The van der Waals surface area contributed by atoms with E-state index in [0.717, 1.165) is 5.56 Å². The highest BCUT2D eigenvalue weighted by molar-refractivity contribution is 5.94. The SMILES string of the molecule is Cc1ccc(C(=O)NCc2cc(-c3ccccc3)on2)cc1[N+](=O)[O-]. The predicted molar refractivity (Wildman–Crippen MR) is 90.9 cm³/mol. The van der Waals surface area contributed by atoms with Gasteiger partial charge in [0.2, 0.25) is 0 Å². The largest absolute Gasteiger partial charge is 0.356 e. The number of rotatable bonds is 5. The molecule has 3 aromatic rings. The van der Waals surface area contributed by atoms with Crippen LogP contribution in [-0.4, -0.2) is 16.0 Å². The molecule has 0 aliphatic carbocycles. The zero-order valence-corrected chi connectivity index (χ0v) is 13.4. The molecule has 0 aliphatic heterocycles. The van der Waals surface area contributed by atoms with Crippen LogP contribution >= 0.6 is 0 Å². The van der Waals surface area contributed by atoms with Crippen LogP contribution in [-0.2, 0) is 6.54 Å². The summed E-state index contributed by atoms with van der Waals surface area (Å²) in [5.74, 6) is 0.197. The van der Waals surface area contributed by atoms with Gasteiger partial charge in [0.15, 0.2) is 5.76 Å². The summed E-state index contributed by atoms with van der Waals surface area (Å²) in [5.41, 5.74) is 2.10. The summed E-state index contributed by atoms with van der Waals surface area (Å²) in [6, 6.07) is 15.6. The molecular formula is C18H15N3O4. The number of nitrogens with one attached hydrogen (secondary N) is 1. The molecule has 1 amide bonds. The van der Waals surface area contributed by atoms with E-state index in [2.05, 4.69) is 10.5 Å². The molecular weight excluding hydrogens is 322 g/mol. The minimum Gasteiger partial charge on any atom is -0.356 e. The van der Waals surface area contributed by atoms with Gasteiger partial charge in [-0.05, 0) is 13.0 Å². The van der Waals surface area contributed by atoms with Crippen molar-refractivity contribution < 1.29 is 14.2 Å². The summed E-state index contributed by atoms with van der Waals surface area (Å²) < 4.78 is 5.26. The average Bonchev–Trinajstić information content (AvgIpc) is 3.09. The van der Waals surface area contributed by atoms with E-state index in [4.69, 9.17) is 4.52 Å². The molecule has 0 bridgehead atoms. The summed E-state index contributed by atoms with van der Waals surface area (Å²) in [6.07, 6.45) is 0. The number of aryl methyl sites for hydroxylation is 1. The highest BCUT2D eigenvalue weighted by atomic mass is 16.6. The van der Waals surface area contributed by atoms with Gasteiger partial charge in [-0.25, -0.2) is 0 Å². The Morgan fingerprint density at radius 3 is 2.68 bits per heavy atom. The maximum atomic E-state index is 12.2. The highest BCUT2D eigenvalue weighted by Crippen LogP contribution is 2.21. The second kappa shape index (κ2) is 6.96. The van der Waals surface area contributed by atoms with E-state index in [1.165, 1.54) is 6.07 Å². The first kappa shape index (κ1) is 16.4. The minimum absolute atomic E-state index is 0.0829. The Morgan fingerprint density at radius 1 is 1.20 bits per heavy atom. The van der Waals surface area contributed by atoms with Crippen molar-refractivity contribution >= 4 is 11.6 Å². The van der Waals surface area contributed by atoms with Crippen LogP contribution in [0.3, 0.4) is 0 Å². The first-order chi connectivity index (χ1) is 12.0. The van der Waals surface area contributed by atoms with Gasteiger partial charge in [-0.3, -0.25) is 14.9 Å². The monoisotopic (exact) mass is 337 g/mol. The number of carbonyl (C=O) groups excluding carboxylic acids is 1. The fourth-order valence-electron chi connectivity index (χ4n) is 2.35. The van der Waals surface area contributed by atoms with Crippen LogP contribution < -0.4 is 5.32 Å². The molecule has 0 saturated carbocycles. The molecule has 0 saturated heterocycles. The molecule has 0 spiro atoms. The smallest absolute Gasteiger partial charge is 0.273 e. The number of nitro benzene ring substituents is 1. The quantitative estimate of drug-likeness (QED) is 0.567. The molecule has 0 radical (unpaired) electrons. The topological polar surface area (TPSA) is 98.3 Å². The van der Waals surface area contributed by atoms with Crippen molar-refractivity contribution in [1.82, 2.24) is 10.5 Å². The van der Waals surface area contributed by atoms with Gasteiger partial charge < -0.3 is 9.84 Å². The van der Waals surface area contributed by atoms with Crippen molar-refractivity contribution in [3.05, 3.63) is 81.5 Å². The Labute approximate surface area is 143 Å². The molecule has 1 aromatic heterocycles. The summed E-state index contributed by atoms with van der Waals surface area (Å²) >= 11 is 0. The van der Waals surface area contributed by atoms with Gasteiger partial charge in [0.05, 0.1) is 11.5 Å². The number of hydrogen-bond donors (Lipinski definition) is 1. The zero-order valence-electron chi connectivity index (χ0n) is 13.4. The number of benzene rings is 2. The molecule has 1 heterocycles. The van der Waals surface area contributed by atoms with Crippen LogP contribution in [0.4, 0.5) is 5.69 Å². The maximum absolute atomic E-state index is 12.2. The Kier molecular flexibility index (Phi) is 4.56. The molecule has 0 aliphatic rings. The van der Waals surface area contributed by atoms with E-state index >= 15 is 0 Å². The van der Waals surface area contributed by atoms with Gasteiger partial charge in [0.25, 0.3) is 11.6 Å². The predicted octanol–water partition coefficient (Wildman–Crippen LogP) is 3.49. The molecule has 7 heteroatoms. The highest BCUT2D eigenvalue weighted by Gasteiger charge is 2.15. The summed E-state index contributed by atoms with van der Waals surface area (Å²) in [6.45, 7) is 1.79. The molecule has 0 unspecified atom stereocenters. The molecule has 0 fully saturated rings. The molecule has 2 aromatic carbocycles. The van der Waals surface area contributed by atoms with Crippen LogP contribution in [0.25, 0.3) is 11.3 Å². The first-order valence-corrected chi connectivity index (χ1v) is 7.59. The third-order valence-electron chi connectivity index (χ3n) is 3.72. The van der Waals surface area contributed by atoms with Gasteiger partial charge in [-0.15, -0.1) is 0 Å². The van der Waals surface area contributed by atoms with Crippen molar-refractivity contribution in [3.8, 4) is 11.3 Å². The summed E-state index contributed by atoms with van der Waals surface area (Å²) in [5, 5.41) is 17.6. The van der Waals surface area contributed by atoms with E-state index in [-0.39, 0.29) is 17.8 Å². The lowest BCUT2D eigenvalue weighted by atomic mass is 10.1. The van der Waals surface area contributed by atoms with Crippen LogP contribution in [0.2, 0.25) is 0 Å². The van der Waals surface area contributed by atoms with Crippen molar-refractivity contribution in [3.63, 3.8) is 0 Å². The molecule has 3 rings (SSSR count). The van der Waals surface area contributed by atoms with Crippen LogP contribution in [0.15, 0.2) is 59.1 Å². The van der Waals surface area contributed by atoms with E-state index in [9.17, 15) is 14.9 Å². The molecule has 0 atom stereocenters. The molecule has 25 heavy (non-hydrogen) atoms. The Balaban J connectivity index is 1.68. The summed E-state index contributed by atoms with van der Waals surface area (Å²) in [7, 11) is 0. The number of amides is 1. The van der Waals surface area contributed by atoms with E-state index < -0.39 is 10.8 Å². The molecule has 7 nitrogen and oxygen atoms in total. The standard InChI is InChI=1S/C18H15N3O4/c1-12-7-8-14(9-16(12)21(23)24)18(22)19-11-15-10-17(25-20-15)13-5-3-2-4-6-13/h2-10H,11H2,1H3,(H,19,22). The van der Waals surface area contributed by atoms with Gasteiger partial charge in [-0.1, -0.05) is 41.6 Å². The van der Waals surface area contributed by atoms with Crippen molar-refractivity contribution in [2.75, 3.05) is 0 Å².